The second-order valence-corrected chi connectivity index (χ2v) is 4.51. The van der Waals surface area contributed by atoms with Crippen LogP contribution in [-0.2, 0) is 11.3 Å². The minimum absolute atomic E-state index is 0.154. The van der Waals surface area contributed by atoms with E-state index < -0.39 is 11.0 Å². The van der Waals surface area contributed by atoms with Crippen molar-refractivity contribution in [1.82, 2.24) is 5.32 Å². The summed E-state index contributed by atoms with van der Waals surface area (Å²) >= 11 is 1.12. The van der Waals surface area contributed by atoms with Crippen LogP contribution >= 0.6 is 11.3 Å². The number of nitrogens with one attached hydrogen (secondary N) is 1. The molecule has 1 atom stereocenters. The van der Waals surface area contributed by atoms with E-state index in [0.717, 1.165) is 16.9 Å². The molecule has 1 aromatic heterocycles. The van der Waals surface area contributed by atoms with E-state index in [1.54, 1.807) is 18.6 Å². The van der Waals surface area contributed by atoms with Crippen molar-refractivity contribution in [1.29, 1.82) is 0 Å². The molecule has 0 amide bonds. The lowest BCUT2D eigenvalue weighted by Crippen LogP contribution is -2.22. The largest absolute Gasteiger partial charge is 0.391 e. The normalized spacial score (nSPS) is 12.6. The van der Waals surface area contributed by atoms with Gasteiger partial charge in [-0.1, -0.05) is 11.3 Å². The smallest absolute Gasteiger partial charge is 0.324 e. The van der Waals surface area contributed by atoms with Crippen LogP contribution in [0, 0.1) is 10.1 Å². The summed E-state index contributed by atoms with van der Waals surface area (Å²) in [5.41, 5.74) is 0.892. The molecule has 0 aliphatic heterocycles. The summed E-state index contributed by atoms with van der Waals surface area (Å²) in [6.07, 6.45) is 0.129. The molecule has 0 spiro atoms. The van der Waals surface area contributed by atoms with E-state index in [9.17, 15) is 15.2 Å². The molecule has 0 aliphatic carbocycles. The number of nitro groups is 1. The summed E-state index contributed by atoms with van der Waals surface area (Å²) < 4.78 is 4.80. The highest BCUT2D eigenvalue weighted by atomic mass is 32.1. The first-order valence-electron chi connectivity index (χ1n) is 5.23. The fourth-order valence-corrected chi connectivity index (χ4v) is 2.06. The third-order valence-electron chi connectivity index (χ3n) is 2.16. The Morgan fingerprint density at radius 3 is 3.06 bits per heavy atom. The van der Waals surface area contributed by atoms with E-state index in [-0.39, 0.29) is 5.00 Å². The minimum Gasteiger partial charge on any atom is -0.391 e. The van der Waals surface area contributed by atoms with Crippen LogP contribution in [0.5, 0.6) is 0 Å². The van der Waals surface area contributed by atoms with Crippen molar-refractivity contribution in [3.63, 3.8) is 0 Å². The molecule has 7 heteroatoms. The summed E-state index contributed by atoms with van der Waals surface area (Å²) in [7, 11) is 1.54. The highest BCUT2D eigenvalue weighted by Gasteiger charge is 2.09. The Labute approximate surface area is 103 Å². The number of rotatable bonds is 8. The second-order valence-electron chi connectivity index (χ2n) is 3.62. The fourth-order valence-electron chi connectivity index (χ4n) is 1.33. The fraction of sp³-hybridized carbons (Fsp3) is 0.600. The van der Waals surface area contributed by atoms with Crippen LogP contribution in [-0.4, -0.2) is 36.4 Å². The minimum atomic E-state index is -0.468. The molecular formula is C10H16N2O4S. The average Bonchev–Trinajstić information content (AvgIpc) is 2.73. The maximum atomic E-state index is 10.5. The molecule has 2 N–H and O–H groups in total. The van der Waals surface area contributed by atoms with Crippen molar-refractivity contribution in [2.24, 2.45) is 0 Å². The summed E-state index contributed by atoms with van der Waals surface area (Å²) in [6.45, 7) is 1.55. The van der Waals surface area contributed by atoms with E-state index >= 15 is 0 Å². The van der Waals surface area contributed by atoms with Gasteiger partial charge in [-0.2, -0.15) is 0 Å². The van der Waals surface area contributed by atoms with Crippen LogP contribution in [0.15, 0.2) is 11.4 Å². The number of aliphatic hydroxyl groups excluding tert-OH is 1. The van der Waals surface area contributed by atoms with Crippen LogP contribution in [0.25, 0.3) is 0 Å². The monoisotopic (exact) mass is 260 g/mol. The Balaban J connectivity index is 2.19. The van der Waals surface area contributed by atoms with Gasteiger partial charge in [-0.25, -0.2) is 0 Å². The van der Waals surface area contributed by atoms with E-state index in [0.29, 0.717) is 26.1 Å². The molecule has 6 nitrogen and oxygen atoms in total. The Morgan fingerprint density at radius 1 is 1.71 bits per heavy atom. The Morgan fingerprint density at radius 2 is 2.47 bits per heavy atom. The molecule has 0 saturated carbocycles. The summed E-state index contributed by atoms with van der Waals surface area (Å²) in [6, 6.07) is 1.56. The van der Waals surface area contributed by atoms with Crippen molar-refractivity contribution in [2.75, 3.05) is 20.3 Å². The lowest BCUT2D eigenvalue weighted by molar-refractivity contribution is -0.380. The zero-order chi connectivity index (χ0) is 12.7. The number of nitrogens with zero attached hydrogens (tertiary/aromatic N) is 1. The second kappa shape index (κ2) is 7.33. The maximum absolute atomic E-state index is 10.5. The predicted molar refractivity (Wildman–Crippen MR) is 65.2 cm³/mol. The number of ether oxygens (including phenoxy) is 1. The Kier molecular flexibility index (Phi) is 6.06. The maximum Gasteiger partial charge on any atom is 0.324 e. The molecule has 96 valence electrons. The molecule has 0 saturated heterocycles. The van der Waals surface area contributed by atoms with Gasteiger partial charge in [0.15, 0.2) is 0 Å². The molecular weight excluding hydrogens is 244 g/mol. The van der Waals surface area contributed by atoms with Crippen molar-refractivity contribution >= 4 is 16.3 Å². The Bertz CT molecular complexity index is 356. The lowest BCUT2D eigenvalue weighted by Gasteiger charge is -2.09. The molecule has 17 heavy (non-hydrogen) atoms. The number of thiophene rings is 1. The summed E-state index contributed by atoms with van der Waals surface area (Å²) in [5.74, 6) is 0. The van der Waals surface area contributed by atoms with E-state index in [4.69, 9.17) is 4.74 Å². The molecule has 0 radical (unpaired) electrons. The van der Waals surface area contributed by atoms with Crippen LogP contribution < -0.4 is 5.32 Å². The predicted octanol–water partition coefficient (Wildman–Crippen LogP) is 1.14. The molecule has 1 unspecified atom stereocenters. The topological polar surface area (TPSA) is 84.6 Å². The average molecular weight is 260 g/mol. The first-order valence-corrected chi connectivity index (χ1v) is 6.11. The molecule has 0 aliphatic rings. The highest BCUT2D eigenvalue weighted by Crippen LogP contribution is 2.22. The van der Waals surface area contributed by atoms with Crippen LogP contribution in [0.1, 0.15) is 12.0 Å². The van der Waals surface area contributed by atoms with Gasteiger partial charge in [0.25, 0.3) is 0 Å². The number of hydrogen-bond donors (Lipinski definition) is 2. The van der Waals surface area contributed by atoms with Gasteiger partial charge in [0.2, 0.25) is 0 Å². The van der Waals surface area contributed by atoms with Gasteiger partial charge in [0, 0.05) is 25.1 Å². The van der Waals surface area contributed by atoms with Crippen LogP contribution in [0.3, 0.4) is 0 Å². The highest BCUT2D eigenvalue weighted by molar-refractivity contribution is 7.13. The van der Waals surface area contributed by atoms with E-state index in [1.807, 2.05) is 0 Å². The zero-order valence-corrected chi connectivity index (χ0v) is 10.4. The SMILES string of the molecule is COCC(O)CCNCc1csc([N+](=O)[O-])c1. The van der Waals surface area contributed by atoms with Crippen molar-refractivity contribution in [3.05, 3.63) is 27.1 Å². The van der Waals surface area contributed by atoms with Crippen molar-refractivity contribution in [2.45, 2.75) is 19.1 Å². The van der Waals surface area contributed by atoms with Crippen molar-refractivity contribution < 1.29 is 14.8 Å². The molecule has 0 aromatic carbocycles. The quantitative estimate of drug-likeness (QED) is 0.416. The van der Waals surface area contributed by atoms with Gasteiger partial charge in [-0.05, 0) is 18.5 Å². The summed E-state index contributed by atoms with van der Waals surface area (Å²) in [5, 5.41) is 24.9. The third-order valence-corrected chi connectivity index (χ3v) is 3.09. The third kappa shape index (κ3) is 5.22. The van der Waals surface area contributed by atoms with Gasteiger partial charge in [0.1, 0.15) is 0 Å². The van der Waals surface area contributed by atoms with Crippen molar-refractivity contribution in [3.8, 4) is 0 Å². The van der Waals surface area contributed by atoms with Crippen LogP contribution in [0.2, 0.25) is 0 Å². The Hall–Kier alpha value is -1.02. The first kappa shape index (κ1) is 14.0. The molecule has 1 rings (SSSR count). The lowest BCUT2D eigenvalue weighted by atomic mass is 10.2. The molecule has 1 heterocycles. The first-order chi connectivity index (χ1) is 8.13. The van der Waals surface area contributed by atoms with Gasteiger partial charge in [0.05, 0.1) is 17.6 Å². The number of hydrogen-bond acceptors (Lipinski definition) is 6. The van der Waals surface area contributed by atoms with Gasteiger partial charge in [-0.3, -0.25) is 10.1 Å². The summed E-state index contributed by atoms with van der Waals surface area (Å²) in [4.78, 5) is 10.1. The van der Waals surface area contributed by atoms with Gasteiger partial charge in [-0.15, -0.1) is 0 Å². The van der Waals surface area contributed by atoms with E-state index in [2.05, 4.69) is 5.32 Å². The van der Waals surface area contributed by atoms with Gasteiger partial charge < -0.3 is 15.2 Å². The number of methoxy groups -OCH3 is 1. The van der Waals surface area contributed by atoms with E-state index in [1.165, 1.54) is 0 Å². The van der Waals surface area contributed by atoms with Crippen LogP contribution in [0.4, 0.5) is 5.00 Å². The molecule has 1 aromatic rings. The molecule has 0 bridgehead atoms. The zero-order valence-electron chi connectivity index (χ0n) is 9.59. The van der Waals surface area contributed by atoms with Gasteiger partial charge >= 0.3 is 5.00 Å². The number of aliphatic hydroxyl groups is 1. The molecule has 0 fully saturated rings. The standard InChI is InChI=1S/C10H16N2O4S/c1-16-6-9(13)2-3-11-5-8-4-10(12(14)15)17-7-8/h4,7,9,11,13H,2-3,5-6H2,1H3.